The van der Waals surface area contributed by atoms with Crippen molar-refractivity contribution >= 4 is 23.3 Å². The third-order valence-corrected chi connectivity index (χ3v) is 2.80. The fourth-order valence-corrected chi connectivity index (χ4v) is 1.71. The van der Waals surface area contributed by atoms with Crippen molar-refractivity contribution in [3.05, 3.63) is 53.1 Å². The molecule has 19 heavy (non-hydrogen) atoms. The van der Waals surface area contributed by atoms with Crippen LogP contribution < -0.4 is 10.5 Å². The van der Waals surface area contributed by atoms with E-state index in [1.165, 1.54) is 13.2 Å². The molecular weight excluding hydrogens is 266 g/mol. The van der Waals surface area contributed by atoms with E-state index in [1.54, 1.807) is 36.4 Å². The molecular formula is C14H12ClNO3. The van der Waals surface area contributed by atoms with Crippen molar-refractivity contribution < 1.29 is 14.3 Å². The number of hydrogen-bond donors (Lipinski definition) is 1. The summed E-state index contributed by atoms with van der Waals surface area (Å²) in [6.07, 6.45) is 0. The van der Waals surface area contributed by atoms with Crippen LogP contribution in [-0.2, 0) is 4.74 Å². The maximum atomic E-state index is 11.3. The first-order valence-corrected chi connectivity index (χ1v) is 5.90. The summed E-state index contributed by atoms with van der Waals surface area (Å²) in [5, 5.41) is 0.485. The number of nitrogens with two attached hydrogens (primary N) is 1. The number of halogens is 1. The molecule has 0 heterocycles. The minimum absolute atomic E-state index is 0.336. The lowest BCUT2D eigenvalue weighted by Crippen LogP contribution is -2.02. The number of rotatable bonds is 3. The topological polar surface area (TPSA) is 61.5 Å². The highest BCUT2D eigenvalue weighted by atomic mass is 35.5. The number of anilines is 1. The summed E-state index contributed by atoms with van der Waals surface area (Å²) in [5.41, 5.74) is 6.54. The first kappa shape index (κ1) is 13.2. The molecule has 0 saturated carbocycles. The molecule has 0 aliphatic rings. The molecule has 5 heteroatoms. The maximum Gasteiger partial charge on any atom is 0.337 e. The Morgan fingerprint density at radius 1 is 1.16 bits per heavy atom. The molecule has 0 bridgehead atoms. The molecule has 0 aromatic heterocycles. The third kappa shape index (κ3) is 2.98. The summed E-state index contributed by atoms with van der Waals surface area (Å²) in [5.74, 6) is 0.485. The van der Waals surface area contributed by atoms with Gasteiger partial charge in [-0.25, -0.2) is 4.79 Å². The van der Waals surface area contributed by atoms with Crippen molar-refractivity contribution in [3.63, 3.8) is 0 Å². The van der Waals surface area contributed by atoms with Crippen LogP contribution in [-0.4, -0.2) is 13.1 Å². The number of benzene rings is 2. The average Bonchev–Trinajstić information content (AvgIpc) is 2.42. The SMILES string of the molecule is COC(=O)c1ccc(Oc2ccccc2Cl)c(N)c1. The van der Waals surface area contributed by atoms with Crippen LogP contribution in [0.3, 0.4) is 0 Å². The quantitative estimate of drug-likeness (QED) is 0.689. The lowest BCUT2D eigenvalue weighted by Gasteiger charge is -2.10. The molecule has 0 radical (unpaired) electrons. The molecule has 0 atom stereocenters. The van der Waals surface area contributed by atoms with Gasteiger partial charge in [-0.05, 0) is 30.3 Å². The molecule has 0 fully saturated rings. The molecule has 0 aliphatic carbocycles. The highest BCUT2D eigenvalue weighted by Crippen LogP contribution is 2.32. The van der Waals surface area contributed by atoms with E-state index in [2.05, 4.69) is 4.74 Å². The number of para-hydroxylation sites is 1. The van der Waals surface area contributed by atoms with Gasteiger partial charge < -0.3 is 15.2 Å². The van der Waals surface area contributed by atoms with Crippen LogP contribution in [0.2, 0.25) is 5.02 Å². The Labute approximate surface area is 115 Å². The van der Waals surface area contributed by atoms with Gasteiger partial charge in [-0.2, -0.15) is 0 Å². The Morgan fingerprint density at radius 3 is 2.53 bits per heavy atom. The second kappa shape index (κ2) is 5.63. The van der Waals surface area contributed by atoms with Gasteiger partial charge in [-0.15, -0.1) is 0 Å². The van der Waals surface area contributed by atoms with Crippen LogP contribution in [0, 0.1) is 0 Å². The molecule has 98 valence electrons. The Morgan fingerprint density at radius 2 is 1.89 bits per heavy atom. The standard InChI is InChI=1S/C14H12ClNO3/c1-18-14(17)9-6-7-13(11(16)8-9)19-12-5-3-2-4-10(12)15/h2-8H,16H2,1H3. The molecule has 2 rings (SSSR count). The largest absolute Gasteiger partial charge is 0.465 e. The molecule has 0 amide bonds. The van der Waals surface area contributed by atoms with Crippen molar-refractivity contribution in [1.29, 1.82) is 0 Å². The van der Waals surface area contributed by atoms with E-state index >= 15 is 0 Å². The van der Waals surface area contributed by atoms with Crippen molar-refractivity contribution in [1.82, 2.24) is 0 Å². The van der Waals surface area contributed by atoms with Gasteiger partial charge in [0.15, 0.2) is 0 Å². The van der Waals surface area contributed by atoms with Crippen molar-refractivity contribution in [2.75, 3.05) is 12.8 Å². The molecule has 0 aliphatic heterocycles. The highest BCUT2D eigenvalue weighted by Gasteiger charge is 2.10. The summed E-state index contributed by atoms with van der Waals surface area (Å²) in [6.45, 7) is 0. The predicted octanol–water partition coefficient (Wildman–Crippen LogP) is 3.50. The van der Waals surface area contributed by atoms with Crippen molar-refractivity contribution in [2.45, 2.75) is 0 Å². The van der Waals surface area contributed by atoms with Gasteiger partial charge in [0.25, 0.3) is 0 Å². The second-order valence-electron chi connectivity index (χ2n) is 3.78. The van der Waals surface area contributed by atoms with E-state index in [0.29, 0.717) is 27.8 Å². The van der Waals surface area contributed by atoms with E-state index in [-0.39, 0.29) is 0 Å². The number of nitrogen functional groups attached to an aromatic ring is 1. The Kier molecular flexibility index (Phi) is 3.92. The minimum Gasteiger partial charge on any atom is -0.465 e. The smallest absolute Gasteiger partial charge is 0.337 e. The molecule has 0 unspecified atom stereocenters. The van der Waals surface area contributed by atoms with Gasteiger partial charge in [0.1, 0.15) is 11.5 Å². The molecule has 2 aromatic rings. The lowest BCUT2D eigenvalue weighted by atomic mass is 10.2. The second-order valence-corrected chi connectivity index (χ2v) is 4.18. The van der Waals surface area contributed by atoms with Gasteiger partial charge in [-0.3, -0.25) is 0 Å². The summed E-state index contributed by atoms with van der Waals surface area (Å²) in [7, 11) is 1.31. The predicted molar refractivity (Wildman–Crippen MR) is 73.7 cm³/mol. The van der Waals surface area contributed by atoms with E-state index in [1.807, 2.05) is 0 Å². The van der Waals surface area contributed by atoms with Gasteiger partial charge in [-0.1, -0.05) is 23.7 Å². The maximum absolute atomic E-state index is 11.3. The van der Waals surface area contributed by atoms with Crippen LogP contribution in [0.5, 0.6) is 11.5 Å². The zero-order chi connectivity index (χ0) is 13.8. The van der Waals surface area contributed by atoms with Crippen LogP contribution in [0.25, 0.3) is 0 Å². The highest BCUT2D eigenvalue weighted by molar-refractivity contribution is 6.32. The monoisotopic (exact) mass is 277 g/mol. The summed E-state index contributed by atoms with van der Waals surface area (Å²) < 4.78 is 10.2. The first-order valence-electron chi connectivity index (χ1n) is 5.52. The van der Waals surface area contributed by atoms with E-state index in [9.17, 15) is 4.79 Å². The Balaban J connectivity index is 2.27. The number of methoxy groups -OCH3 is 1. The number of hydrogen-bond acceptors (Lipinski definition) is 4. The fourth-order valence-electron chi connectivity index (χ4n) is 1.53. The molecule has 0 spiro atoms. The molecule has 0 saturated heterocycles. The number of carbonyl (C=O) groups excluding carboxylic acids is 1. The Hall–Kier alpha value is -2.20. The zero-order valence-electron chi connectivity index (χ0n) is 10.2. The average molecular weight is 278 g/mol. The van der Waals surface area contributed by atoms with Gasteiger partial charge in [0.05, 0.1) is 23.4 Å². The lowest BCUT2D eigenvalue weighted by molar-refractivity contribution is 0.0601. The third-order valence-electron chi connectivity index (χ3n) is 2.49. The summed E-state index contributed by atoms with van der Waals surface area (Å²) in [4.78, 5) is 11.3. The number of esters is 1. The van der Waals surface area contributed by atoms with E-state index < -0.39 is 5.97 Å². The zero-order valence-corrected chi connectivity index (χ0v) is 11.0. The van der Waals surface area contributed by atoms with Crippen molar-refractivity contribution in [2.24, 2.45) is 0 Å². The Bertz CT molecular complexity index is 613. The minimum atomic E-state index is -0.448. The summed E-state index contributed by atoms with van der Waals surface area (Å²) in [6, 6.07) is 11.7. The van der Waals surface area contributed by atoms with Crippen LogP contribution in [0.1, 0.15) is 10.4 Å². The van der Waals surface area contributed by atoms with Crippen LogP contribution >= 0.6 is 11.6 Å². The first-order chi connectivity index (χ1) is 9.11. The molecule has 4 nitrogen and oxygen atoms in total. The normalized spacial score (nSPS) is 10.0. The van der Waals surface area contributed by atoms with E-state index in [0.717, 1.165) is 0 Å². The van der Waals surface area contributed by atoms with Crippen LogP contribution in [0.15, 0.2) is 42.5 Å². The number of ether oxygens (including phenoxy) is 2. The van der Waals surface area contributed by atoms with E-state index in [4.69, 9.17) is 22.1 Å². The fraction of sp³-hybridized carbons (Fsp3) is 0.0714. The van der Waals surface area contributed by atoms with Crippen molar-refractivity contribution in [3.8, 4) is 11.5 Å². The summed E-state index contributed by atoms with van der Waals surface area (Å²) >= 11 is 5.99. The number of carbonyl (C=O) groups is 1. The van der Waals surface area contributed by atoms with Gasteiger partial charge >= 0.3 is 5.97 Å². The van der Waals surface area contributed by atoms with Crippen LogP contribution in [0.4, 0.5) is 5.69 Å². The van der Waals surface area contributed by atoms with Gasteiger partial charge in [0, 0.05) is 0 Å². The molecule has 2 N–H and O–H groups in total. The van der Waals surface area contributed by atoms with Gasteiger partial charge in [0.2, 0.25) is 0 Å². The molecule has 2 aromatic carbocycles.